The molecule has 1 fully saturated rings. The summed E-state index contributed by atoms with van der Waals surface area (Å²) in [6.07, 6.45) is 62.8. The van der Waals surface area contributed by atoms with Crippen molar-refractivity contribution >= 4 is 11.9 Å². The van der Waals surface area contributed by atoms with E-state index < -0.39 is 67.4 Å². The minimum Gasteiger partial charge on any atom is -0.454 e. The molecule has 472 valence electrons. The van der Waals surface area contributed by atoms with E-state index in [0.29, 0.717) is 19.3 Å². The average molecular weight is 1140 g/mol. The SMILES string of the molecule is CCCCC/C=C\C/C=C\C/C=C\C/C=C\CCCC(=O)OC1C(OCC(NC(=O)C(O)CCCCCCCCCCCCCCCCCCCCCCCCCC)C(O)/C=C/CCCCCCCCCCC)OC(CO)C(O)C1O. The highest BCUT2D eigenvalue weighted by Gasteiger charge is 2.47. The van der Waals surface area contributed by atoms with Gasteiger partial charge in [0.1, 0.15) is 24.4 Å². The number of carbonyl (C=O) groups is 2. The lowest BCUT2D eigenvalue weighted by Gasteiger charge is -2.41. The molecule has 0 aromatic carbocycles. The van der Waals surface area contributed by atoms with Gasteiger partial charge in [-0.25, -0.2) is 0 Å². The smallest absolute Gasteiger partial charge is 0.306 e. The van der Waals surface area contributed by atoms with Gasteiger partial charge in [0.2, 0.25) is 5.91 Å². The molecule has 1 aliphatic heterocycles. The van der Waals surface area contributed by atoms with Gasteiger partial charge < -0.3 is 45.1 Å². The maximum Gasteiger partial charge on any atom is 0.306 e. The monoisotopic (exact) mass is 1140 g/mol. The molecule has 0 saturated carbocycles. The Morgan fingerprint density at radius 3 is 1.30 bits per heavy atom. The molecule has 0 bridgehead atoms. The summed E-state index contributed by atoms with van der Waals surface area (Å²) < 4.78 is 17.6. The molecule has 1 saturated heterocycles. The molecule has 0 aromatic heterocycles. The standard InChI is InChI=1S/C70H127NO10/c1-4-7-10-13-16-19-22-24-26-28-29-30-31-32-33-34-36-37-39-42-45-48-51-54-57-63(74)69(78)71-61(62(73)56-53-50-47-44-41-21-18-15-12-9-6-3)60-79-70-68(67(77)66(76)64(59-72)80-70)81-65(75)58-55-52-49-46-43-40-38-35-27-25-23-20-17-14-11-8-5-2/h17,20,25,27,38,40,46,49,53,56,61-64,66-68,70,72-74,76-77H,4-16,18-19,21-24,26,28-37,39,41-45,47-48,50-52,54-55,57-60H2,1-3H3,(H,71,78)/b20-17-,27-25-,40-38-,49-46-,56-53+. The van der Waals surface area contributed by atoms with E-state index in [1.807, 2.05) is 12.2 Å². The van der Waals surface area contributed by atoms with Crippen molar-refractivity contribution in [1.82, 2.24) is 5.32 Å². The van der Waals surface area contributed by atoms with E-state index in [1.165, 1.54) is 193 Å². The highest BCUT2D eigenvalue weighted by Crippen LogP contribution is 2.26. The van der Waals surface area contributed by atoms with Gasteiger partial charge in [-0.3, -0.25) is 9.59 Å². The van der Waals surface area contributed by atoms with Crippen LogP contribution in [0.3, 0.4) is 0 Å². The van der Waals surface area contributed by atoms with Crippen molar-refractivity contribution in [3.63, 3.8) is 0 Å². The molecule has 6 N–H and O–H groups in total. The lowest BCUT2D eigenvalue weighted by Crippen LogP contribution is -2.61. The van der Waals surface area contributed by atoms with Crippen LogP contribution in [0.25, 0.3) is 0 Å². The van der Waals surface area contributed by atoms with Gasteiger partial charge in [-0.1, -0.05) is 300 Å². The number of ether oxygens (including phenoxy) is 3. The van der Waals surface area contributed by atoms with Gasteiger partial charge in [0.05, 0.1) is 25.4 Å². The molecular weight excluding hydrogens is 1010 g/mol. The number of aliphatic hydroxyl groups excluding tert-OH is 5. The highest BCUT2D eigenvalue weighted by molar-refractivity contribution is 5.80. The van der Waals surface area contributed by atoms with Gasteiger partial charge >= 0.3 is 5.97 Å². The Balaban J connectivity index is 2.60. The lowest BCUT2D eigenvalue weighted by molar-refractivity contribution is -0.305. The van der Waals surface area contributed by atoms with Gasteiger partial charge in [0.25, 0.3) is 0 Å². The predicted octanol–water partition coefficient (Wildman–Crippen LogP) is 17.0. The number of nitrogens with one attached hydrogen (secondary N) is 1. The first-order valence-corrected chi connectivity index (χ1v) is 34.1. The lowest BCUT2D eigenvalue weighted by atomic mass is 9.99. The first-order valence-electron chi connectivity index (χ1n) is 34.1. The van der Waals surface area contributed by atoms with Crippen molar-refractivity contribution in [2.75, 3.05) is 13.2 Å². The second kappa shape index (κ2) is 57.8. The molecule has 0 aliphatic carbocycles. The van der Waals surface area contributed by atoms with E-state index in [1.54, 1.807) is 6.08 Å². The third-order valence-corrected chi connectivity index (χ3v) is 15.9. The van der Waals surface area contributed by atoms with Crippen molar-refractivity contribution in [3.8, 4) is 0 Å². The molecule has 81 heavy (non-hydrogen) atoms. The number of unbranched alkanes of at least 4 members (excludes halogenated alkanes) is 36. The maximum atomic E-state index is 13.5. The van der Waals surface area contributed by atoms with Crippen LogP contribution in [0.5, 0.6) is 0 Å². The van der Waals surface area contributed by atoms with Crippen molar-refractivity contribution < 1.29 is 49.3 Å². The number of carbonyl (C=O) groups excluding carboxylic acids is 2. The summed E-state index contributed by atoms with van der Waals surface area (Å²) in [6.45, 7) is 5.76. The zero-order valence-electron chi connectivity index (χ0n) is 52.4. The van der Waals surface area contributed by atoms with E-state index in [-0.39, 0.29) is 19.4 Å². The first-order chi connectivity index (χ1) is 39.7. The van der Waals surface area contributed by atoms with Crippen LogP contribution >= 0.6 is 0 Å². The summed E-state index contributed by atoms with van der Waals surface area (Å²) in [5.74, 6) is -1.25. The molecule has 1 amide bonds. The fourth-order valence-corrected chi connectivity index (χ4v) is 10.5. The van der Waals surface area contributed by atoms with Crippen molar-refractivity contribution in [2.45, 2.75) is 359 Å². The first kappa shape index (κ1) is 76.4. The topological polar surface area (TPSA) is 175 Å². The molecule has 8 unspecified atom stereocenters. The Morgan fingerprint density at radius 2 is 0.852 bits per heavy atom. The Hall–Kier alpha value is -2.64. The summed E-state index contributed by atoms with van der Waals surface area (Å²) in [7, 11) is 0. The largest absolute Gasteiger partial charge is 0.454 e. The van der Waals surface area contributed by atoms with E-state index in [4.69, 9.17) is 14.2 Å². The molecule has 0 spiro atoms. The predicted molar refractivity (Wildman–Crippen MR) is 338 cm³/mol. The molecule has 11 nitrogen and oxygen atoms in total. The molecule has 0 radical (unpaired) electrons. The van der Waals surface area contributed by atoms with Crippen LogP contribution in [-0.4, -0.2) is 99.6 Å². The molecule has 1 rings (SSSR count). The summed E-state index contributed by atoms with van der Waals surface area (Å²) in [5.41, 5.74) is 0. The number of hydrogen-bond donors (Lipinski definition) is 6. The molecule has 1 aliphatic rings. The number of rotatable bonds is 58. The van der Waals surface area contributed by atoms with Crippen molar-refractivity contribution in [2.24, 2.45) is 0 Å². The maximum absolute atomic E-state index is 13.5. The zero-order valence-corrected chi connectivity index (χ0v) is 52.4. The zero-order chi connectivity index (χ0) is 58.9. The van der Waals surface area contributed by atoms with Crippen LogP contribution in [-0.2, 0) is 23.8 Å². The fraction of sp³-hybridized carbons (Fsp3) is 0.829. The van der Waals surface area contributed by atoms with Gasteiger partial charge in [-0.2, -0.15) is 0 Å². The van der Waals surface area contributed by atoms with Gasteiger partial charge in [0.15, 0.2) is 12.4 Å². The quantitative estimate of drug-likeness (QED) is 0.0195. The second-order valence-corrected chi connectivity index (χ2v) is 23.6. The van der Waals surface area contributed by atoms with Crippen LogP contribution in [0, 0.1) is 0 Å². The van der Waals surface area contributed by atoms with Crippen molar-refractivity contribution in [1.29, 1.82) is 0 Å². The van der Waals surface area contributed by atoms with E-state index in [2.05, 4.69) is 68.6 Å². The third kappa shape index (κ3) is 45.4. The van der Waals surface area contributed by atoms with Crippen molar-refractivity contribution in [3.05, 3.63) is 60.8 Å². The molecule has 11 heteroatoms. The normalized spacial score (nSPS) is 19.0. The minimum absolute atomic E-state index is 0.0478. The van der Waals surface area contributed by atoms with Gasteiger partial charge in [-0.05, 0) is 64.2 Å². The summed E-state index contributed by atoms with van der Waals surface area (Å²) >= 11 is 0. The van der Waals surface area contributed by atoms with Crippen LogP contribution in [0.15, 0.2) is 60.8 Å². The highest BCUT2D eigenvalue weighted by atomic mass is 16.7. The Morgan fingerprint density at radius 1 is 0.481 bits per heavy atom. The van der Waals surface area contributed by atoms with E-state index in [9.17, 15) is 35.1 Å². The molecule has 0 aromatic rings. The van der Waals surface area contributed by atoms with Crippen LogP contribution in [0.1, 0.15) is 310 Å². The van der Waals surface area contributed by atoms with E-state index in [0.717, 1.165) is 64.2 Å². The third-order valence-electron chi connectivity index (χ3n) is 15.9. The fourth-order valence-electron chi connectivity index (χ4n) is 10.5. The number of hydrogen-bond acceptors (Lipinski definition) is 10. The number of aliphatic hydroxyl groups is 5. The average Bonchev–Trinajstić information content (AvgIpc) is 3.52. The van der Waals surface area contributed by atoms with Crippen LogP contribution in [0.4, 0.5) is 0 Å². The minimum atomic E-state index is -1.64. The Kier molecular flexibility index (Phi) is 54.5. The van der Waals surface area contributed by atoms with E-state index >= 15 is 0 Å². The van der Waals surface area contributed by atoms with Crippen LogP contribution < -0.4 is 5.32 Å². The number of allylic oxidation sites excluding steroid dienone is 9. The second-order valence-electron chi connectivity index (χ2n) is 23.6. The molecule has 8 atom stereocenters. The van der Waals surface area contributed by atoms with Gasteiger partial charge in [-0.15, -0.1) is 0 Å². The molecular formula is C70H127NO10. The molecule has 1 heterocycles. The summed E-state index contributed by atoms with van der Waals surface area (Å²) in [4.78, 5) is 26.6. The Bertz CT molecular complexity index is 1550. The summed E-state index contributed by atoms with van der Waals surface area (Å²) in [6, 6.07) is -1.03. The Labute approximate surface area is 497 Å². The van der Waals surface area contributed by atoms with Gasteiger partial charge in [0, 0.05) is 6.42 Å². The number of esters is 1. The van der Waals surface area contributed by atoms with Crippen LogP contribution in [0.2, 0.25) is 0 Å². The summed E-state index contributed by atoms with van der Waals surface area (Å²) in [5, 5.41) is 57.1. The number of amides is 1.